The highest BCUT2D eigenvalue weighted by atomic mass is 15.1. The second kappa shape index (κ2) is 15.5. The van der Waals surface area contributed by atoms with Gasteiger partial charge in [0.25, 0.3) is 0 Å². The molecule has 2 aliphatic rings. The summed E-state index contributed by atoms with van der Waals surface area (Å²) in [5.41, 5.74) is 16.3. The lowest BCUT2D eigenvalue weighted by atomic mass is 9.66. The summed E-state index contributed by atoms with van der Waals surface area (Å²) < 4.78 is 0. The Bertz CT molecular complexity index is 2550. The number of fused-ring (bicyclic) bond motifs is 1. The molecule has 1 saturated carbocycles. The molecule has 0 amide bonds. The topological polar surface area (TPSA) is 3.24 Å². The molecule has 2 aliphatic carbocycles. The molecule has 0 spiro atoms. The Hall–Kier alpha value is -6.18. The number of rotatable bonds is 9. The fourth-order valence-corrected chi connectivity index (χ4v) is 9.18. The summed E-state index contributed by atoms with van der Waals surface area (Å²) >= 11 is 0. The van der Waals surface area contributed by atoms with Crippen LogP contribution < -0.4 is 4.90 Å². The monoisotopic (exact) mass is 723 g/mol. The van der Waals surface area contributed by atoms with Gasteiger partial charge in [0.15, 0.2) is 0 Å². The molecule has 1 fully saturated rings. The van der Waals surface area contributed by atoms with E-state index in [0.29, 0.717) is 0 Å². The molecule has 7 aromatic rings. The van der Waals surface area contributed by atoms with Crippen LogP contribution in [0.25, 0.3) is 49.7 Å². The van der Waals surface area contributed by atoms with Gasteiger partial charge in [0.2, 0.25) is 0 Å². The summed E-state index contributed by atoms with van der Waals surface area (Å²) in [7, 11) is 0. The second-order valence-corrected chi connectivity index (χ2v) is 15.7. The van der Waals surface area contributed by atoms with Gasteiger partial charge < -0.3 is 4.90 Å². The highest BCUT2D eigenvalue weighted by molar-refractivity contribution is 6.02. The van der Waals surface area contributed by atoms with Crippen molar-refractivity contribution >= 4 is 33.4 Å². The van der Waals surface area contributed by atoms with Gasteiger partial charge in [-0.3, -0.25) is 0 Å². The number of hydrogen-bond acceptors (Lipinski definition) is 1. The third-order valence-corrected chi connectivity index (χ3v) is 12.3. The van der Waals surface area contributed by atoms with E-state index in [2.05, 4.69) is 200 Å². The number of nitrogens with zero attached hydrogens (tertiary/aromatic N) is 1. The van der Waals surface area contributed by atoms with Crippen molar-refractivity contribution in [3.05, 3.63) is 205 Å². The first-order valence-electron chi connectivity index (χ1n) is 20.4. The molecule has 1 heteroatoms. The predicted octanol–water partition coefficient (Wildman–Crippen LogP) is 15.8. The van der Waals surface area contributed by atoms with E-state index in [4.69, 9.17) is 0 Å². The van der Waals surface area contributed by atoms with E-state index >= 15 is 0 Å². The first kappa shape index (κ1) is 35.5. The van der Waals surface area contributed by atoms with Gasteiger partial charge in [-0.15, -0.1) is 0 Å². The largest absolute Gasteiger partial charge is 0.310 e. The molecule has 0 heterocycles. The van der Waals surface area contributed by atoms with Crippen LogP contribution in [0, 0.1) is 0 Å². The molecule has 0 aliphatic heterocycles. The van der Waals surface area contributed by atoms with Crippen molar-refractivity contribution in [1.82, 2.24) is 0 Å². The van der Waals surface area contributed by atoms with Gasteiger partial charge in [0, 0.05) is 16.9 Å². The van der Waals surface area contributed by atoms with Gasteiger partial charge in [0.05, 0.1) is 5.69 Å². The van der Waals surface area contributed by atoms with E-state index < -0.39 is 0 Å². The van der Waals surface area contributed by atoms with Crippen LogP contribution in [0.1, 0.15) is 63.0 Å². The van der Waals surface area contributed by atoms with Crippen molar-refractivity contribution in [2.75, 3.05) is 4.90 Å². The third kappa shape index (κ3) is 6.95. The molecule has 1 atom stereocenters. The molecule has 7 aromatic carbocycles. The molecule has 9 rings (SSSR count). The minimum atomic E-state index is 0.196. The molecule has 0 saturated heterocycles. The second-order valence-electron chi connectivity index (χ2n) is 15.7. The van der Waals surface area contributed by atoms with Crippen molar-refractivity contribution in [2.45, 2.75) is 57.3 Å². The Balaban J connectivity index is 1.20. The molecular formula is C55H49N. The smallest absolute Gasteiger partial charge is 0.0540 e. The Kier molecular flexibility index (Phi) is 9.84. The van der Waals surface area contributed by atoms with Crippen LogP contribution in [0.4, 0.5) is 17.1 Å². The normalized spacial score (nSPS) is 16.8. The van der Waals surface area contributed by atoms with Gasteiger partial charge in [0.1, 0.15) is 0 Å². The summed E-state index contributed by atoms with van der Waals surface area (Å²) in [6.07, 6.45) is 15.0. The summed E-state index contributed by atoms with van der Waals surface area (Å²) in [4.78, 5) is 2.44. The fourth-order valence-electron chi connectivity index (χ4n) is 9.18. The molecule has 0 N–H and O–H groups in total. The highest BCUT2D eigenvalue weighted by Gasteiger charge is 2.33. The first-order chi connectivity index (χ1) is 27.6. The maximum Gasteiger partial charge on any atom is 0.0540 e. The molecule has 0 aromatic heterocycles. The summed E-state index contributed by atoms with van der Waals surface area (Å²) in [6, 6.07) is 60.8. The van der Waals surface area contributed by atoms with Gasteiger partial charge in [-0.05, 0) is 142 Å². The van der Waals surface area contributed by atoms with Crippen LogP contribution in [-0.4, -0.2) is 0 Å². The van der Waals surface area contributed by atoms with Crippen molar-refractivity contribution in [3.8, 4) is 33.4 Å². The van der Waals surface area contributed by atoms with Crippen molar-refractivity contribution in [3.63, 3.8) is 0 Å². The zero-order chi connectivity index (χ0) is 37.9. The van der Waals surface area contributed by atoms with Crippen molar-refractivity contribution in [2.24, 2.45) is 0 Å². The molecule has 1 unspecified atom stereocenters. The first-order valence-corrected chi connectivity index (χ1v) is 20.4. The van der Waals surface area contributed by atoms with Crippen LogP contribution in [0.2, 0.25) is 0 Å². The van der Waals surface area contributed by atoms with E-state index in [1.807, 2.05) is 0 Å². The highest BCUT2D eigenvalue weighted by Crippen LogP contribution is 2.47. The van der Waals surface area contributed by atoms with E-state index in [-0.39, 0.29) is 5.41 Å². The predicted molar refractivity (Wildman–Crippen MR) is 241 cm³/mol. The van der Waals surface area contributed by atoms with Crippen LogP contribution in [0.3, 0.4) is 0 Å². The van der Waals surface area contributed by atoms with Crippen molar-refractivity contribution < 1.29 is 0 Å². The van der Waals surface area contributed by atoms with Gasteiger partial charge in [-0.25, -0.2) is 0 Å². The van der Waals surface area contributed by atoms with Crippen LogP contribution in [0.5, 0.6) is 0 Å². The quantitative estimate of drug-likeness (QED) is 0.134. The van der Waals surface area contributed by atoms with E-state index in [9.17, 15) is 0 Å². The molecule has 56 heavy (non-hydrogen) atoms. The molecule has 1 nitrogen and oxygen atoms in total. The maximum atomic E-state index is 4.41. The molecular weight excluding hydrogens is 675 g/mol. The van der Waals surface area contributed by atoms with E-state index in [0.717, 1.165) is 49.2 Å². The zero-order valence-corrected chi connectivity index (χ0v) is 32.4. The number of benzene rings is 7. The number of anilines is 3. The Morgan fingerprint density at radius 1 is 0.589 bits per heavy atom. The van der Waals surface area contributed by atoms with Crippen LogP contribution >= 0.6 is 0 Å². The third-order valence-electron chi connectivity index (χ3n) is 12.3. The Morgan fingerprint density at radius 3 is 1.95 bits per heavy atom. The molecule has 0 bridgehead atoms. The van der Waals surface area contributed by atoms with E-state index in [1.54, 1.807) is 0 Å². The average molecular weight is 724 g/mol. The van der Waals surface area contributed by atoms with Gasteiger partial charge in [-0.2, -0.15) is 0 Å². The zero-order valence-electron chi connectivity index (χ0n) is 32.4. The summed E-state index contributed by atoms with van der Waals surface area (Å²) in [6.45, 7) is 6.76. The summed E-state index contributed by atoms with van der Waals surface area (Å²) in [5.74, 6) is 0. The van der Waals surface area contributed by atoms with Crippen LogP contribution in [-0.2, 0) is 5.41 Å². The number of allylic oxidation sites excluding steroid dienone is 5. The minimum Gasteiger partial charge on any atom is -0.310 e. The average Bonchev–Trinajstić information content (AvgIpc) is 3.27. The maximum absolute atomic E-state index is 4.41. The SMILES string of the molecule is C=C1CCCC(CC)(c2ccc(-c3ccc(N(c4ccc(C5=CCCC=C5)cc4)c4ccc(-c5ccccc5)cc4)c(-c4cccc5ccccc45)c3)cc2)C1. The summed E-state index contributed by atoms with van der Waals surface area (Å²) in [5, 5.41) is 2.48. The molecule has 0 radical (unpaired) electrons. The standard InChI is InChI=1S/C55H49N/c1-3-55(37-13-14-40(2)39-55)48-30-23-45(24-31-48)47-29-36-54(53(38-47)52-22-12-20-46-19-10-11-21-51(46)52)56(49-32-25-43(26-33-49)41-15-6-4-7-16-41)50-34-27-44(28-35-50)42-17-8-5-9-18-42/h4,6-8,10-12,15-36,38H,2-3,5,9,13-14,37,39H2,1H3. The lowest BCUT2D eigenvalue weighted by molar-refractivity contribution is 0.330. The molecule has 274 valence electrons. The Labute approximate surface area is 333 Å². The number of hydrogen-bond donors (Lipinski definition) is 0. The lowest BCUT2D eigenvalue weighted by Crippen LogP contribution is -2.28. The van der Waals surface area contributed by atoms with Gasteiger partial charge >= 0.3 is 0 Å². The fraction of sp³-hybridized carbons (Fsp3) is 0.164. The lowest BCUT2D eigenvalue weighted by Gasteiger charge is -2.38. The minimum absolute atomic E-state index is 0.196. The Morgan fingerprint density at radius 2 is 1.23 bits per heavy atom. The van der Waals surface area contributed by atoms with E-state index in [1.165, 1.54) is 79.3 Å². The van der Waals surface area contributed by atoms with Crippen molar-refractivity contribution in [1.29, 1.82) is 0 Å². The van der Waals surface area contributed by atoms with Crippen LogP contribution in [0.15, 0.2) is 194 Å². The van der Waals surface area contributed by atoms with Gasteiger partial charge in [-0.1, -0.05) is 165 Å².